The van der Waals surface area contributed by atoms with Crippen molar-refractivity contribution >= 4 is 34.4 Å². The minimum atomic E-state index is -1.28. The Morgan fingerprint density at radius 1 is 0.826 bits per heavy atom. The summed E-state index contributed by atoms with van der Waals surface area (Å²) in [4.78, 5) is 43.7. The molecule has 0 spiro atoms. The number of alkyl carbamates (subject to hydrolysis) is 1. The zero-order chi connectivity index (χ0) is 33.6. The summed E-state index contributed by atoms with van der Waals surface area (Å²) >= 11 is 0. The first-order valence-electron chi connectivity index (χ1n) is 15.4. The number of ether oxygens (including phenoxy) is 1. The lowest BCUT2D eigenvalue weighted by molar-refractivity contribution is -0.147. The highest BCUT2D eigenvalue weighted by molar-refractivity contribution is 6.01. The zero-order valence-electron chi connectivity index (χ0n) is 27.2. The maximum absolute atomic E-state index is 14.8. The van der Waals surface area contributed by atoms with Gasteiger partial charge in [-0.2, -0.15) is 0 Å². The first kappa shape index (κ1) is 33.8. The second-order valence-corrected chi connectivity index (χ2v) is 13.0. The predicted molar refractivity (Wildman–Crippen MR) is 180 cm³/mol. The molecule has 0 saturated carbocycles. The lowest BCUT2D eigenvalue weighted by Crippen LogP contribution is -2.59. The van der Waals surface area contributed by atoms with Crippen molar-refractivity contribution < 1.29 is 29.3 Å². The molecule has 0 fully saturated rings. The molecule has 2 unspecified atom stereocenters. The number of phenols is 2. The van der Waals surface area contributed by atoms with Crippen molar-refractivity contribution in [3.8, 4) is 11.5 Å². The number of nitrogens with one attached hydrogen (secondary N) is 2. The van der Waals surface area contributed by atoms with Gasteiger partial charge < -0.3 is 30.5 Å². The van der Waals surface area contributed by atoms with Crippen molar-refractivity contribution in [2.24, 2.45) is 0 Å². The lowest BCUT2D eigenvalue weighted by Gasteiger charge is -2.44. The highest BCUT2D eigenvalue weighted by atomic mass is 16.6. The molecular formula is C37H43N3O6. The number of nitrogens with zero attached hydrogens (tertiary/aromatic N) is 1. The molecule has 0 aliphatic carbocycles. The number of hydrogen-bond donors (Lipinski definition) is 4. The molecule has 0 radical (unpaired) electrons. The third-order valence-electron chi connectivity index (χ3n) is 7.87. The van der Waals surface area contributed by atoms with E-state index in [2.05, 4.69) is 10.6 Å². The number of para-hydroxylation sites is 1. The van der Waals surface area contributed by atoms with Gasteiger partial charge in [0.25, 0.3) is 5.91 Å². The second-order valence-electron chi connectivity index (χ2n) is 13.0. The molecule has 4 aromatic carbocycles. The number of benzene rings is 4. The molecule has 0 aliphatic rings. The number of phenolic OH excluding ortho intramolecular Hbond substituents is 2. The van der Waals surface area contributed by atoms with Gasteiger partial charge in [-0.05, 0) is 87.7 Å². The van der Waals surface area contributed by atoms with Gasteiger partial charge in [0.2, 0.25) is 5.91 Å². The van der Waals surface area contributed by atoms with E-state index in [0.29, 0.717) is 17.7 Å². The molecule has 4 aromatic rings. The van der Waals surface area contributed by atoms with Crippen LogP contribution in [0, 0.1) is 0 Å². The molecule has 9 nitrogen and oxygen atoms in total. The minimum Gasteiger partial charge on any atom is -0.508 e. The molecule has 0 bridgehead atoms. The monoisotopic (exact) mass is 625 g/mol. The van der Waals surface area contributed by atoms with Gasteiger partial charge in [-0.25, -0.2) is 4.79 Å². The summed E-state index contributed by atoms with van der Waals surface area (Å²) in [7, 11) is 0. The Bertz CT molecular complexity index is 1690. The Kier molecular flexibility index (Phi) is 10.2. The standard InChI is InChI=1S/C37H43N3O6/c1-7-37(5,6)40(34(44)30(39-35(45)46-36(2,3)4)22-24-16-20-28(41)21-17-24)32(29-14-10-11-15-31(29)42)33(43)38-27-19-18-25-12-8-9-13-26(25)23-27/h8-21,23,30,32,41-42H,7,22H2,1-6H3,(H,38,43)(H,39,45). The first-order valence-corrected chi connectivity index (χ1v) is 15.4. The first-order chi connectivity index (χ1) is 21.7. The van der Waals surface area contributed by atoms with Crippen LogP contribution in [0.25, 0.3) is 10.8 Å². The largest absolute Gasteiger partial charge is 0.508 e. The van der Waals surface area contributed by atoms with Crippen LogP contribution in [0.4, 0.5) is 10.5 Å². The third kappa shape index (κ3) is 8.35. The summed E-state index contributed by atoms with van der Waals surface area (Å²) in [6, 6.07) is 23.6. The van der Waals surface area contributed by atoms with E-state index in [1.165, 1.54) is 23.1 Å². The quantitative estimate of drug-likeness (QED) is 0.149. The number of hydrogen-bond acceptors (Lipinski definition) is 6. The summed E-state index contributed by atoms with van der Waals surface area (Å²) < 4.78 is 5.51. The predicted octanol–water partition coefficient (Wildman–Crippen LogP) is 7.08. The van der Waals surface area contributed by atoms with Gasteiger partial charge in [0.1, 0.15) is 29.2 Å². The van der Waals surface area contributed by atoms with Crippen molar-refractivity contribution in [1.82, 2.24) is 10.2 Å². The molecule has 4 N–H and O–H groups in total. The maximum Gasteiger partial charge on any atom is 0.408 e. The third-order valence-corrected chi connectivity index (χ3v) is 7.87. The van der Waals surface area contributed by atoms with Gasteiger partial charge in [-0.15, -0.1) is 0 Å². The average molecular weight is 626 g/mol. The molecule has 9 heteroatoms. The average Bonchev–Trinajstić information content (AvgIpc) is 2.99. The molecule has 0 aliphatic heterocycles. The molecule has 4 rings (SSSR count). The Labute approximate surface area is 270 Å². The normalized spacial score (nSPS) is 13.0. The fourth-order valence-electron chi connectivity index (χ4n) is 5.22. The van der Waals surface area contributed by atoms with Gasteiger partial charge in [-0.1, -0.05) is 67.6 Å². The van der Waals surface area contributed by atoms with E-state index in [9.17, 15) is 24.6 Å². The van der Waals surface area contributed by atoms with E-state index in [1.54, 1.807) is 57.2 Å². The Morgan fingerprint density at radius 3 is 2.09 bits per heavy atom. The highest BCUT2D eigenvalue weighted by Gasteiger charge is 2.44. The van der Waals surface area contributed by atoms with Gasteiger partial charge in [0, 0.05) is 23.2 Å². The van der Waals surface area contributed by atoms with Crippen LogP contribution in [0.15, 0.2) is 91.0 Å². The molecule has 2 atom stereocenters. The topological polar surface area (TPSA) is 128 Å². The smallest absolute Gasteiger partial charge is 0.408 e. The molecule has 0 aromatic heterocycles. The second kappa shape index (κ2) is 13.9. The van der Waals surface area contributed by atoms with Crippen molar-refractivity contribution in [1.29, 1.82) is 0 Å². The van der Waals surface area contributed by atoms with Gasteiger partial charge in [-0.3, -0.25) is 9.59 Å². The van der Waals surface area contributed by atoms with Crippen LogP contribution in [0.5, 0.6) is 11.5 Å². The number of anilines is 1. The molecule has 242 valence electrons. The summed E-state index contributed by atoms with van der Waals surface area (Å²) in [6.07, 6.45) is -0.294. The molecule has 46 heavy (non-hydrogen) atoms. The van der Waals surface area contributed by atoms with Crippen molar-refractivity contribution in [3.63, 3.8) is 0 Å². The summed E-state index contributed by atoms with van der Waals surface area (Å²) in [5.74, 6) is -1.17. The van der Waals surface area contributed by atoms with Crippen LogP contribution in [-0.4, -0.2) is 50.2 Å². The van der Waals surface area contributed by atoms with E-state index in [-0.39, 0.29) is 23.5 Å². The van der Waals surface area contributed by atoms with E-state index < -0.39 is 41.1 Å². The Balaban J connectivity index is 1.81. The van der Waals surface area contributed by atoms with Crippen LogP contribution >= 0.6 is 0 Å². The number of rotatable bonds is 10. The summed E-state index contributed by atoms with van der Waals surface area (Å²) in [5, 5.41) is 28.5. The lowest BCUT2D eigenvalue weighted by atomic mass is 9.90. The fourth-order valence-corrected chi connectivity index (χ4v) is 5.22. The van der Waals surface area contributed by atoms with Gasteiger partial charge >= 0.3 is 6.09 Å². The summed E-state index contributed by atoms with van der Waals surface area (Å²) in [5.41, 5.74) is -0.319. The SMILES string of the molecule is CCC(C)(C)N(C(=O)C(Cc1ccc(O)cc1)NC(=O)OC(C)(C)C)C(C(=O)Nc1ccc2ccccc2c1)c1ccccc1O. The van der Waals surface area contributed by atoms with Crippen LogP contribution in [-0.2, 0) is 20.7 Å². The minimum absolute atomic E-state index is 0.0500. The van der Waals surface area contributed by atoms with Gasteiger partial charge in [0.05, 0.1) is 0 Å². The van der Waals surface area contributed by atoms with Crippen LogP contribution in [0.1, 0.15) is 65.1 Å². The van der Waals surface area contributed by atoms with Crippen molar-refractivity contribution in [2.45, 2.75) is 77.6 Å². The number of carbonyl (C=O) groups excluding carboxylic acids is 3. The van der Waals surface area contributed by atoms with E-state index in [4.69, 9.17) is 4.74 Å². The van der Waals surface area contributed by atoms with Crippen molar-refractivity contribution in [3.05, 3.63) is 102 Å². The molecular weight excluding hydrogens is 582 g/mol. The number of aromatic hydroxyl groups is 2. The summed E-state index contributed by atoms with van der Waals surface area (Å²) in [6.45, 7) is 10.8. The number of fused-ring (bicyclic) bond motifs is 1. The van der Waals surface area contributed by atoms with Crippen molar-refractivity contribution in [2.75, 3.05) is 5.32 Å². The molecule has 0 heterocycles. The van der Waals surface area contributed by atoms with Gasteiger partial charge in [0.15, 0.2) is 0 Å². The Hall–Kier alpha value is -5.05. The van der Waals surface area contributed by atoms with E-state index >= 15 is 0 Å². The number of amides is 3. The molecule has 0 saturated heterocycles. The van der Waals surface area contributed by atoms with Crippen LogP contribution < -0.4 is 10.6 Å². The van der Waals surface area contributed by atoms with E-state index in [1.807, 2.05) is 57.2 Å². The molecule has 3 amide bonds. The highest BCUT2D eigenvalue weighted by Crippen LogP contribution is 2.37. The van der Waals surface area contributed by atoms with E-state index in [0.717, 1.165) is 10.8 Å². The fraction of sp³-hybridized carbons (Fsp3) is 0.324. The Morgan fingerprint density at radius 2 is 1.46 bits per heavy atom. The van der Waals surface area contributed by atoms with Crippen LogP contribution in [0.3, 0.4) is 0 Å². The zero-order valence-corrected chi connectivity index (χ0v) is 27.2. The van der Waals surface area contributed by atoms with Crippen LogP contribution in [0.2, 0.25) is 0 Å². The number of carbonyl (C=O) groups is 3. The maximum atomic E-state index is 14.8.